The first kappa shape index (κ1) is 20.0. The maximum atomic E-state index is 6.27. The van der Waals surface area contributed by atoms with Crippen LogP contribution in [0.5, 0.6) is 0 Å². The number of hydrogen-bond donors (Lipinski definition) is 1. The zero-order valence-corrected chi connectivity index (χ0v) is 17.9. The van der Waals surface area contributed by atoms with Crippen LogP contribution in [-0.4, -0.2) is 25.0 Å². The number of unbranched alkanes of at least 4 members (excludes halogenated alkanes) is 2. The van der Waals surface area contributed by atoms with E-state index in [-0.39, 0.29) is 0 Å². The predicted molar refractivity (Wildman–Crippen MR) is 120 cm³/mol. The van der Waals surface area contributed by atoms with Gasteiger partial charge in [0.2, 0.25) is 0 Å². The first-order valence-corrected chi connectivity index (χ1v) is 11.1. The Morgan fingerprint density at radius 3 is 2.59 bits per heavy atom. The Kier molecular flexibility index (Phi) is 6.30. The summed E-state index contributed by atoms with van der Waals surface area (Å²) in [5.41, 5.74) is 9.24. The number of fused-ring (bicyclic) bond motifs is 3. The van der Waals surface area contributed by atoms with Gasteiger partial charge in [-0.3, -0.25) is 0 Å². The topological polar surface area (TPSA) is 56.7 Å². The molecule has 0 aliphatic carbocycles. The van der Waals surface area contributed by atoms with Crippen molar-refractivity contribution in [2.24, 2.45) is 0 Å². The Balaban J connectivity index is 1.92. The average Bonchev–Trinajstić information content (AvgIpc) is 2.98. The summed E-state index contributed by atoms with van der Waals surface area (Å²) in [5.74, 6) is 2.90. The van der Waals surface area contributed by atoms with E-state index in [4.69, 9.17) is 10.7 Å². The van der Waals surface area contributed by atoms with Gasteiger partial charge in [-0.25, -0.2) is 9.97 Å². The molecule has 0 saturated carbocycles. The van der Waals surface area contributed by atoms with Gasteiger partial charge in [0.25, 0.3) is 0 Å². The number of nitrogens with zero attached hydrogens (tertiary/aromatic N) is 3. The predicted octanol–water partition coefficient (Wildman–Crippen LogP) is 5.82. The van der Waals surface area contributed by atoms with Crippen LogP contribution in [0.1, 0.15) is 59.2 Å². The maximum Gasteiger partial charge on any atom is 0.152 e. The highest BCUT2D eigenvalue weighted by molar-refractivity contribution is 8.00. The first-order chi connectivity index (χ1) is 12.9. The van der Waals surface area contributed by atoms with Crippen molar-refractivity contribution in [3.63, 3.8) is 0 Å². The van der Waals surface area contributed by atoms with Crippen molar-refractivity contribution in [3.8, 4) is 0 Å². The number of hydrogen-bond acceptors (Lipinski definition) is 4. The fourth-order valence-corrected chi connectivity index (χ4v) is 4.38. The summed E-state index contributed by atoms with van der Waals surface area (Å²) in [6, 6.07) is 8.27. The van der Waals surface area contributed by atoms with Crippen LogP contribution in [0.2, 0.25) is 0 Å². The number of aryl methyl sites for hydroxylation is 2. The molecule has 0 aliphatic rings. The van der Waals surface area contributed by atoms with Gasteiger partial charge in [-0.1, -0.05) is 52.3 Å². The summed E-state index contributed by atoms with van der Waals surface area (Å²) in [6.07, 6.45) is 5.68. The Labute approximate surface area is 166 Å². The van der Waals surface area contributed by atoms with E-state index < -0.39 is 0 Å². The highest BCUT2D eigenvalue weighted by Gasteiger charge is 2.17. The molecule has 5 heteroatoms. The molecule has 0 aliphatic heterocycles. The van der Waals surface area contributed by atoms with E-state index in [2.05, 4.69) is 49.4 Å². The second-order valence-electron chi connectivity index (χ2n) is 8.16. The number of rotatable bonds is 8. The van der Waals surface area contributed by atoms with Crippen molar-refractivity contribution >= 4 is 39.5 Å². The molecule has 0 radical (unpaired) electrons. The molecule has 0 unspecified atom stereocenters. The number of benzene rings is 1. The lowest BCUT2D eigenvalue weighted by Gasteiger charge is -2.17. The lowest BCUT2D eigenvalue weighted by atomic mass is 10.2. The lowest BCUT2D eigenvalue weighted by Crippen LogP contribution is -2.09. The van der Waals surface area contributed by atoms with Crippen molar-refractivity contribution in [1.29, 1.82) is 0 Å². The van der Waals surface area contributed by atoms with Crippen LogP contribution in [-0.2, 0) is 13.0 Å². The summed E-state index contributed by atoms with van der Waals surface area (Å²) in [6.45, 7) is 10.1. The molecule has 0 amide bonds. The average molecular weight is 385 g/mol. The van der Waals surface area contributed by atoms with Gasteiger partial charge < -0.3 is 10.3 Å². The van der Waals surface area contributed by atoms with Gasteiger partial charge in [-0.05, 0) is 31.1 Å². The van der Waals surface area contributed by atoms with Crippen molar-refractivity contribution < 1.29 is 0 Å². The van der Waals surface area contributed by atoms with Crippen molar-refractivity contribution in [3.05, 3.63) is 30.1 Å². The highest BCUT2D eigenvalue weighted by Crippen LogP contribution is 2.30. The van der Waals surface area contributed by atoms with E-state index in [1.807, 2.05) is 23.9 Å². The standard InChI is InChI=1S/C22H32N4S/c1-5-6-13-18-25-19-20(16-11-7-8-12-17(16)24-21(19)23)26(18)14-9-10-15-27-22(2,3)4/h7-8,11-12H,5-6,9-10,13-15H2,1-4H3,(H2,23,24). The Hall–Kier alpha value is -1.75. The number of aromatic nitrogens is 3. The van der Waals surface area contributed by atoms with E-state index >= 15 is 0 Å². The van der Waals surface area contributed by atoms with Gasteiger partial charge in [0.05, 0.1) is 11.0 Å². The van der Waals surface area contributed by atoms with Crippen LogP contribution < -0.4 is 5.73 Å². The minimum absolute atomic E-state index is 0.338. The van der Waals surface area contributed by atoms with E-state index in [9.17, 15) is 0 Å². The number of anilines is 1. The molecule has 3 rings (SSSR count). The molecule has 0 bridgehead atoms. The summed E-state index contributed by atoms with van der Waals surface area (Å²) in [4.78, 5) is 9.48. The second-order valence-corrected chi connectivity index (χ2v) is 10.1. The van der Waals surface area contributed by atoms with Crippen LogP contribution in [0.4, 0.5) is 5.82 Å². The molecule has 0 spiro atoms. The molecule has 2 N–H and O–H groups in total. The zero-order chi connectivity index (χ0) is 19.4. The van der Waals surface area contributed by atoms with E-state index in [0.29, 0.717) is 10.6 Å². The molecule has 1 aromatic carbocycles. The fourth-order valence-electron chi connectivity index (χ4n) is 3.42. The van der Waals surface area contributed by atoms with Crippen LogP contribution in [0.15, 0.2) is 24.3 Å². The molecule has 0 atom stereocenters. The second kappa shape index (κ2) is 8.51. The molecule has 146 valence electrons. The minimum atomic E-state index is 0.338. The Bertz CT molecular complexity index is 908. The van der Waals surface area contributed by atoms with Crippen LogP contribution in [0, 0.1) is 0 Å². The lowest BCUT2D eigenvalue weighted by molar-refractivity contribution is 0.606. The van der Waals surface area contributed by atoms with Crippen LogP contribution in [0.3, 0.4) is 0 Å². The monoisotopic (exact) mass is 384 g/mol. The third kappa shape index (κ3) is 4.75. The van der Waals surface area contributed by atoms with Gasteiger partial charge in [0.1, 0.15) is 11.3 Å². The smallest absolute Gasteiger partial charge is 0.152 e. The number of nitrogen functional groups attached to an aromatic ring is 1. The largest absolute Gasteiger partial charge is 0.382 e. The first-order valence-electron chi connectivity index (χ1n) is 10.1. The third-order valence-corrected chi connectivity index (χ3v) is 6.11. The quantitative estimate of drug-likeness (QED) is 0.497. The molecule has 4 nitrogen and oxygen atoms in total. The van der Waals surface area contributed by atoms with Crippen LogP contribution >= 0.6 is 11.8 Å². The van der Waals surface area contributed by atoms with Crippen molar-refractivity contribution in [2.75, 3.05) is 11.5 Å². The number of thioether (sulfide) groups is 1. The molecule has 3 aromatic rings. The molecule has 27 heavy (non-hydrogen) atoms. The number of pyridine rings is 1. The molecule has 2 heterocycles. The van der Waals surface area contributed by atoms with Gasteiger partial charge in [-0.15, -0.1) is 0 Å². The molecule has 0 saturated heterocycles. The number of nitrogens with two attached hydrogens (primary N) is 1. The number of imidazole rings is 1. The zero-order valence-electron chi connectivity index (χ0n) is 17.1. The van der Waals surface area contributed by atoms with Crippen molar-refractivity contribution in [1.82, 2.24) is 14.5 Å². The van der Waals surface area contributed by atoms with Gasteiger partial charge in [0, 0.05) is 23.1 Å². The molecule has 0 fully saturated rings. The summed E-state index contributed by atoms with van der Waals surface area (Å²) < 4.78 is 2.75. The number of para-hydroxylation sites is 1. The summed E-state index contributed by atoms with van der Waals surface area (Å²) >= 11 is 2.04. The minimum Gasteiger partial charge on any atom is -0.382 e. The summed E-state index contributed by atoms with van der Waals surface area (Å²) in [7, 11) is 0. The van der Waals surface area contributed by atoms with E-state index in [1.165, 1.54) is 18.6 Å². The van der Waals surface area contributed by atoms with Crippen molar-refractivity contribution in [2.45, 2.75) is 71.1 Å². The van der Waals surface area contributed by atoms with E-state index in [0.717, 1.165) is 53.6 Å². The molecule has 2 aromatic heterocycles. The van der Waals surface area contributed by atoms with Gasteiger partial charge in [0.15, 0.2) is 5.82 Å². The van der Waals surface area contributed by atoms with E-state index in [1.54, 1.807) is 0 Å². The maximum absolute atomic E-state index is 6.27. The fraction of sp³-hybridized carbons (Fsp3) is 0.545. The van der Waals surface area contributed by atoms with Crippen LogP contribution in [0.25, 0.3) is 21.9 Å². The Morgan fingerprint density at radius 1 is 1.07 bits per heavy atom. The SMILES string of the molecule is CCCCc1nc2c(N)nc3ccccc3c2n1CCCCSC(C)(C)C. The Morgan fingerprint density at radius 2 is 1.85 bits per heavy atom. The summed E-state index contributed by atoms with van der Waals surface area (Å²) in [5, 5.41) is 1.15. The van der Waals surface area contributed by atoms with Gasteiger partial charge >= 0.3 is 0 Å². The molecular weight excluding hydrogens is 352 g/mol. The molecular formula is C22H32N4S. The normalized spacial score (nSPS) is 12.3. The van der Waals surface area contributed by atoms with Gasteiger partial charge in [-0.2, -0.15) is 11.8 Å². The highest BCUT2D eigenvalue weighted by atomic mass is 32.2. The third-order valence-electron chi connectivity index (χ3n) is 4.75.